The third-order valence-electron chi connectivity index (χ3n) is 4.49. The minimum absolute atomic E-state index is 0.726. The molecule has 0 heterocycles. The lowest BCUT2D eigenvalue weighted by Crippen LogP contribution is -2.38. The molecule has 4 rings (SSSR count). The minimum atomic E-state index is 0.726. The highest BCUT2D eigenvalue weighted by molar-refractivity contribution is 6.24. The molecule has 116 valence electrons. The SMILES string of the molecule is C[N+](C)(C)CCOc1cc2cccc3ccc4cccc1c4c32. The molecule has 0 saturated heterocycles. The van der Waals surface area contributed by atoms with Crippen molar-refractivity contribution in [2.24, 2.45) is 0 Å². The monoisotopic (exact) mass is 304 g/mol. The predicted octanol–water partition coefficient (Wildman–Crippen LogP) is 4.67. The molecule has 23 heavy (non-hydrogen) atoms. The molecular weight excluding hydrogens is 282 g/mol. The number of hydrogen-bond donors (Lipinski definition) is 0. The third kappa shape index (κ3) is 2.49. The second kappa shape index (κ2) is 5.10. The van der Waals surface area contributed by atoms with Crippen LogP contribution in [0.2, 0.25) is 0 Å². The summed E-state index contributed by atoms with van der Waals surface area (Å²) >= 11 is 0. The molecule has 0 fully saturated rings. The van der Waals surface area contributed by atoms with Crippen molar-refractivity contribution in [3.63, 3.8) is 0 Å². The first-order chi connectivity index (χ1) is 11.0. The van der Waals surface area contributed by atoms with Gasteiger partial charge < -0.3 is 9.22 Å². The van der Waals surface area contributed by atoms with Crippen LogP contribution in [0.3, 0.4) is 0 Å². The number of quaternary nitrogens is 1. The van der Waals surface area contributed by atoms with Gasteiger partial charge in [-0.25, -0.2) is 0 Å². The van der Waals surface area contributed by atoms with Gasteiger partial charge in [-0.05, 0) is 27.6 Å². The zero-order valence-corrected chi connectivity index (χ0v) is 14.0. The van der Waals surface area contributed by atoms with Gasteiger partial charge in [0.1, 0.15) is 18.9 Å². The van der Waals surface area contributed by atoms with Crippen molar-refractivity contribution < 1.29 is 9.22 Å². The van der Waals surface area contributed by atoms with E-state index in [9.17, 15) is 0 Å². The normalized spacial score (nSPS) is 12.5. The molecule has 0 bridgehead atoms. The van der Waals surface area contributed by atoms with Crippen molar-refractivity contribution in [3.05, 3.63) is 54.6 Å². The van der Waals surface area contributed by atoms with Crippen molar-refractivity contribution >= 4 is 32.3 Å². The average Bonchev–Trinajstić information content (AvgIpc) is 2.52. The van der Waals surface area contributed by atoms with E-state index in [1.54, 1.807) is 0 Å². The largest absolute Gasteiger partial charge is 0.487 e. The lowest BCUT2D eigenvalue weighted by Gasteiger charge is -2.24. The maximum Gasteiger partial charge on any atom is 0.137 e. The Morgan fingerprint density at radius 2 is 1.43 bits per heavy atom. The average molecular weight is 304 g/mol. The highest BCUT2D eigenvalue weighted by Crippen LogP contribution is 2.39. The first kappa shape index (κ1) is 14.3. The summed E-state index contributed by atoms with van der Waals surface area (Å²) in [5.74, 6) is 0.996. The van der Waals surface area contributed by atoms with E-state index in [0.29, 0.717) is 0 Å². The highest BCUT2D eigenvalue weighted by atomic mass is 16.5. The fourth-order valence-corrected chi connectivity index (χ4v) is 3.28. The molecule has 0 amide bonds. The van der Waals surface area contributed by atoms with Crippen LogP contribution in [-0.4, -0.2) is 38.8 Å². The van der Waals surface area contributed by atoms with E-state index in [2.05, 4.69) is 75.7 Å². The van der Waals surface area contributed by atoms with Gasteiger partial charge in [0.05, 0.1) is 21.1 Å². The van der Waals surface area contributed by atoms with Crippen LogP contribution < -0.4 is 4.74 Å². The summed E-state index contributed by atoms with van der Waals surface area (Å²) in [6.45, 7) is 1.71. The number of hydrogen-bond acceptors (Lipinski definition) is 1. The summed E-state index contributed by atoms with van der Waals surface area (Å²) in [7, 11) is 6.57. The third-order valence-corrected chi connectivity index (χ3v) is 4.49. The Balaban J connectivity index is 1.90. The van der Waals surface area contributed by atoms with Crippen molar-refractivity contribution in [1.29, 1.82) is 0 Å². The molecule has 0 aliphatic heterocycles. The van der Waals surface area contributed by atoms with E-state index in [1.165, 1.54) is 32.3 Å². The molecule has 4 aromatic carbocycles. The molecular formula is C21H22NO+. The smallest absolute Gasteiger partial charge is 0.137 e. The van der Waals surface area contributed by atoms with Gasteiger partial charge in [0.25, 0.3) is 0 Å². The van der Waals surface area contributed by atoms with Gasteiger partial charge in [0.15, 0.2) is 0 Å². The Labute approximate surface area is 136 Å². The molecule has 0 N–H and O–H groups in total. The van der Waals surface area contributed by atoms with Crippen LogP contribution in [0.1, 0.15) is 0 Å². The minimum Gasteiger partial charge on any atom is -0.487 e. The summed E-state index contributed by atoms with van der Waals surface area (Å²) in [6, 6.07) is 19.6. The maximum absolute atomic E-state index is 6.18. The standard InChI is InChI=1S/C21H22NO/c1-22(2,3)12-13-23-19-14-17-8-4-6-15-10-11-16-7-5-9-18(19)21(16)20(15)17/h4-11,14H,12-13H2,1-3H3/q+1. The van der Waals surface area contributed by atoms with Crippen LogP contribution in [0.15, 0.2) is 54.6 Å². The Morgan fingerprint density at radius 3 is 2.17 bits per heavy atom. The van der Waals surface area contributed by atoms with Crippen molar-refractivity contribution in [2.75, 3.05) is 34.3 Å². The summed E-state index contributed by atoms with van der Waals surface area (Å²) in [6.07, 6.45) is 0. The molecule has 0 radical (unpaired) electrons. The van der Waals surface area contributed by atoms with Gasteiger partial charge in [-0.3, -0.25) is 0 Å². The van der Waals surface area contributed by atoms with Gasteiger partial charge in [-0.1, -0.05) is 48.5 Å². The van der Waals surface area contributed by atoms with E-state index in [-0.39, 0.29) is 0 Å². The summed E-state index contributed by atoms with van der Waals surface area (Å²) < 4.78 is 7.09. The van der Waals surface area contributed by atoms with Crippen molar-refractivity contribution in [2.45, 2.75) is 0 Å². The lowest BCUT2D eigenvalue weighted by molar-refractivity contribution is -0.870. The van der Waals surface area contributed by atoms with Crippen LogP contribution in [-0.2, 0) is 0 Å². The maximum atomic E-state index is 6.18. The van der Waals surface area contributed by atoms with E-state index in [1.807, 2.05) is 0 Å². The van der Waals surface area contributed by atoms with Gasteiger partial charge in [-0.15, -0.1) is 0 Å². The number of benzene rings is 4. The summed E-state index contributed by atoms with van der Waals surface area (Å²) in [5, 5.41) is 7.72. The molecule has 0 aliphatic carbocycles. The van der Waals surface area contributed by atoms with E-state index in [4.69, 9.17) is 4.74 Å². The van der Waals surface area contributed by atoms with Gasteiger partial charge in [0.2, 0.25) is 0 Å². The fourth-order valence-electron chi connectivity index (χ4n) is 3.28. The number of likely N-dealkylation sites (N-methyl/N-ethyl adjacent to an activating group) is 1. The summed E-state index contributed by atoms with van der Waals surface area (Å²) in [4.78, 5) is 0. The molecule has 0 spiro atoms. The predicted molar refractivity (Wildman–Crippen MR) is 98.5 cm³/mol. The Kier molecular flexibility index (Phi) is 3.17. The van der Waals surface area contributed by atoms with Crippen LogP contribution in [0, 0.1) is 0 Å². The number of rotatable bonds is 4. The van der Waals surface area contributed by atoms with E-state index >= 15 is 0 Å². The van der Waals surface area contributed by atoms with Gasteiger partial charge in [0, 0.05) is 10.8 Å². The van der Waals surface area contributed by atoms with Crippen molar-refractivity contribution in [3.8, 4) is 5.75 Å². The van der Waals surface area contributed by atoms with E-state index < -0.39 is 0 Å². The zero-order valence-electron chi connectivity index (χ0n) is 14.0. The van der Waals surface area contributed by atoms with Crippen LogP contribution >= 0.6 is 0 Å². The highest BCUT2D eigenvalue weighted by Gasteiger charge is 2.13. The second-order valence-electron chi connectivity index (χ2n) is 7.29. The zero-order chi connectivity index (χ0) is 16.0. The van der Waals surface area contributed by atoms with Crippen LogP contribution in [0.4, 0.5) is 0 Å². The molecule has 0 aliphatic rings. The summed E-state index contributed by atoms with van der Waals surface area (Å²) in [5.41, 5.74) is 0. The lowest BCUT2D eigenvalue weighted by atomic mass is 9.94. The molecule has 0 unspecified atom stereocenters. The molecule has 2 heteroatoms. The van der Waals surface area contributed by atoms with Gasteiger partial charge >= 0.3 is 0 Å². The topological polar surface area (TPSA) is 9.23 Å². The Hall–Kier alpha value is -2.32. The van der Waals surface area contributed by atoms with Crippen LogP contribution in [0.25, 0.3) is 32.3 Å². The first-order valence-corrected chi connectivity index (χ1v) is 8.13. The number of ether oxygens (including phenoxy) is 1. The van der Waals surface area contributed by atoms with E-state index in [0.717, 1.165) is 23.4 Å². The second-order valence-corrected chi connectivity index (χ2v) is 7.29. The molecule has 4 aromatic rings. The fraction of sp³-hybridized carbons (Fsp3) is 0.238. The Morgan fingerprint density at radius 1 is 0.783 bits per heavy atom. The first-order valence-electron chi connectivity index (χ1n) is 8.13. The van der Waals surface area contributed by atoms with Crippen LogP contribution in [0.5, 0.6) is 5.75 Å². The number of nitrogens with zero attached hydrogens (tertiary/aromatic N) is 1. The molecule has 0 saturated carbocycles. The quantitative estimate of drug-likeness (QED) is 0.393. The van der Waals surface area contributed by atoms with Crippen molar-refractivity contribution in [1.82, 2.24) is 0 Å². The van der Waals surface area contributed by atoms with Gasteiger partial charge in [-0.2, -0.15) is 0 Å². The molecule has 0 aromatic heterocycles. The Bertz CT molecular complexity index is 982. The molecule has 0 atom stereocenters. The molecule has 2 nitrogen and oxygen atoms in total.